The van der Waals surface area contributed by atoms with Crippen molar-refractivity contribution in [2.75, 3.05) is 4.90 Å². The van der Waals surface area contributed by atoms with E-state index in [2.05, 4.69) is 181 Å². The van der Waals surface area contributed by atoms with E-state index in [4.69, 9.17) is 4.74 Å². The van der Waals surface area contributed by atoms with E-state index in [0.717, 1.165) is 33.9 Å². The first-order chi connectivity index (χ1) is 24.8. The second-order valence-electron chi connectivity index (χ2n) is 13.2. The Kier molecular flexibility index (Phi) is 5.78. The van der Waals surface area contributed by atoms with Gasteiger partial charge in [0.25, 0.3) is 0 Å². The fourth-order valence-electron chi connectivity index (χ4n) is 8.70. The van der Waals surface area contributed by atoms with E-state index in [-0.39, 0.29) is 0 Å². The molecule has 0 saturated heterocycles. The third kappa shape index (κ3) is 3.67. The molecule has 1 atom stereocenters. The quantitative estimate of drug-likeness (QED) is 0.188. The first-order valence-corrected chi connectivity index (χ1v) is 17.9. The Bertz CT molecular complexity index is 2820. The van der Waals surface area contributed by atoms with Crippen LogP contribution in [0.3, 0.4) is 0 Å². The van der Waals surface area contributed by atoms with Gasteiger partial charge >= 0.3 is 0 Å². The van der Waals surface area contributed by atoms with Crippen LogP contribution in [0.2, 0.25) is 0 Å². The second-order valence-corrected chi connectivity index (χ2v) is 14.3. The Labute approximate surface area is 294 Å². The summed E-state index contributed by atoms with van der Waals surface area (Å²) in [5, 5.41) is 4.89. The molecular weight excluding hydrogens is 627 g/mol. The summed E-state index contributed by atoms with van der Waals surface area (Å²) in [4.78, 5) is 2.45. The Morgan fingerprint density at radius 1 is 0.460 bits per heavy atom. The van der Waals surface area contributed by atoms with Crippen LogP contribution < -0.4 is 9.64 Å². The summed E-state index contributed by atoms with van der Waals surface area (Å²) >= 11 is 1.86. The van der Waals surface area contributed by atoms with Gasteiger partial charge in [0.1, 0.15) is 11.5 Å². The Morgan fingerprint density at radius 3 is 2.10 bits per heavy atom. The smallest absolute Gasteiger partial charge is 0.140 e. The first kappa shape index (κ1) is 27.8. The van der Waals surface area contributed by atoms with Gasteiger partial charge in [-0.1, -0.05) is 127 Å². The molecule has 50 heavy (non-hydrogen) atoms. The highest BCUT2D eigenvalue weighted by atomic mass is 32.1. The van der Waals surface area contributed by atoms with Crippen molar-refractivity contribution in [1.82, 2.24) is 0 Å². The number of fused-ring (bicyclic) bond motifs is 14. The second kappa shape index (κ2) is 10.4. The average molecular weight is 656 g/mol. The van der Waals surface area contributed by atoms with Gasteiger partial charge in [-0.2, -0.15) is 0 Å². The lowest BCUT2D eigenvalue weighted by atomic mass is 9.65. The summed E-state index contributed by atoms with van der Waals surface area (Å²) in [7, 11) is 0. The Balaban J connectivity index is 1.25. The van der Waals surface area contributed by atoms with Gasteiger partial charge in [0, 0.05) is 53.6 Å². The molecular formula is C47H29NOS. The van der Waals surface area contributed by atoms with Crippen molar-refractivity contribution in [3.63, 3.8) is 0 Å². The van der Waals surface area contributed by atoms with Crippen molar-refractivity contribution < 1.29 is 4.74 Å². The summed E-state index contributed by atoms with van der Waals surface area (Å²) in [6.45, 7) is 0. The van der Waals surface area contributed by atoms with Crippen LogP contribution in [-0.2, 0) is 5.41 Å². The zero-order chi connectivity index (χ0) is 32.8. The molecule has 1 spiro atoms. The van der Waals surface area contributed by atoms with E-state index in [0.29, 0.717) is 0 Å². The number of hydrogen-bond donors (Lipinski definition) is 0. The average Bonchev–Trinajstić information content (AvgIpc) is 3.70. The van der Waals surface area contributed by atoms with Gasteiger partial charge in [-0.15, -0.1) is 11.3 Å². The molecule has 0 N–H and O–H groups in total. The Morgan fingerprint density at radius 2 is 1.18 bits per heavy atom. The highest BCUT2D eigenvalue weighted by molar-refractivity contribution is 7.25. The molecule has 0 fully saturated rings. The Hall–Kier alpha value is -6.16. The van der Waals surface area contributed by atoms with E-state index in [9.17, 15) is 0 Å². The molecule has 9 aromatic rings. The molecule has 8 aromatic carbocycles. The number of para-hydroxylation sites is 2. The summed E-state index contributed by atoms with van der Waals surface area (Å²) in [6.07, 6.45) is 0. The molecule has 1 aliphatic carbocycles. The van der Waals surface area contributed by atoms with Gasteiger partial charge in [-0.05, 0) is 70.6 Å². The predicted molar refractivity (Wildman–Crippen MR) is 209 cm³/mol. The summed E-state index contributed by atoms with van der Waals surface area (Å²) in [6, 6.07) is 64.2. The molecule has 0 bridgehead atoms. The molecule has 2 aliphatic rings. The van der Waals surface area contributed by atoms with Crippen molar-refractivity contribution >= 4 is 59.3 Å². The molecule has 1 unspecified atom stereocenters. The molecule has 2 nitrogen and oxygen atoms in total. The lowest BCUT2D eigenvalue weighted by Gasteiger charge is -2.40. The number of hydrogen-bond acceptors (Lipinski definition) is 3. The van der Waals surface area contributed by atoms with Crippen molar-refractivity contribution in [2.24, 2.45) is 0 Å². The normalized spacial score (nSPS) is 15.4. The lowest BCUT2D eigenvalue weighted by molar-refractivity contribution is 0.441. The third-order valence-electron chi connectivity index (χ3n) is 10.7. The van der Waals surface area contributed by atoms with E-state index in [1.807, 2.05) is 11.3 Å². The minimum absolute atomic E-state index is 0.563. The molecule has 3 heteroatoms. The number of rotatable bonds is 3. The van der Waals surface area contributed by atoms with Crippen LogP contribution in [-0.4, -0.2) is 0 Å². The lowest BCUT2D eigenvalue weighted by Crippen LogP contribution is -2.32. The number of thiophene rings is 1. The van der Waals surface area contributed by atoms with Crippen molar-refractivity contribution in [3.05, 3.63) is 198 Å². The summed E-state index contributed by atoms with van der Waals surface area (Å²) < 4.78 is 9.49. The van der Waals surface area contributed by atoms with Crippen molar-refractivity contribution in [1.29, 1.82) is 0 Å². The highest BCUT2D eigenvalue weighted by Gasteiger charge is 2.52. The largest absolute Gasteiger partial charge is 0.456 e. The van der Waals surface area contributed by atoms with Gasteiger partial charge in [0.15, 0.2) is 0 Å². The summed E-state index contributed by atoms with van der Waals surface area (Å²) in [5.41, 5.74) is 10.2. The number of nitrogens with zero attached hydrogens (tertiary/aromatic N) is 1. The van der Waals surface area contributed by atoms with Crippen LogP contribution in [0.25, 0.3) is 42.1 Å². The molecule has 0 saturated carbocycles. The minimum Gasteiger partial charge on any atom is -0.456 e. The monoisotopic (exact) mass is 655 g/mol. The molecule has 234 valence electrons. The van der Waals surface area contributed by atoms with Gasteiger partial charge < -0.3 is 9.64 Å². The maximum atomic E-state index is 6.88. The van der Waals surface area contributed by atoms with Crippen LogP contribution in [0.15, 0.2) is 176 Å². The molecule has 11 rings (SSSR count). The fraction of sp³-hybridized carbons (Fsp3) is 0.0213. The number of anilines is 3. The van der Waals surface area contributed by atoms with Crippen LogP contribution in [0.5, 0.6) is 11.5 Å². The molecule has 1 aliphatic heterocycles. The highest BCUT2D eigenvalue weighted by Crippen LogP contribution is 2.64. The minimum atomic E-state index is -0.563. The van der Waals surface area contributed by atoms with Gasteiger partial charge in [-0.3, -0.25) is 0 Å². The molecule has 0 radical (unpaired) electrons. The van der Waals surface area contributed by atoms with Crippen LogP contribution in [0.4, 0.5) is 17.1 Å². The van der Waals surface area contributed by atoms with Gasteiger partial charge in [-0.25, -0.2) is 0 Å². The van der Waals surface area contributed by atoms with Gasteiger partial charge in [0.05, 0.1) is 11.1 Å². The van der Waals surface area contributed by atoms with E-state index < -0.39 is 5.41 Å². The predicted octanol–water partition coefficient (Wildman–Crippen LogP) is 13.1. The zero-order valence-electron chi connectivity index (χ0n) is 27.0. The number of benzene rings is 8. The van der Waals surface area contributed by atoms with E-state index in [1.165, 1.54) is 58.9 Å². The van der Waals surface area contributed by atoms with Crippen molar-refractivity contribution in [3.8, 4) is 22.6 Å². The molecule has 0 amide bonds. The fourth-order valence-corrected chi connectivity index (χ4v) is 9.79. The van der Waals surface area contributed by atoms with E-state index >= 15 is 0 Å². The topological polar surface area (TPSA) is 12.5 Å². The maximum absolute atomic E-state index is 6.88. The molecule has 2 heterocycles. The third-order valence-corrected chi connectivity index (χ3v) is 11.9. The van der Waals surface area contributed by atoms with Gasteiger partial charge in [0.2, 0.25) is 0 Å². The van der Waals surface area contributed by atoms with E-state index in [1.54, 1.807) is 0 Å². The molecule has 1 aromatic heterocycles. The zero-order valence-corrected chi connectivity index (χ0v) is 27.8. The number of ether oxygens (including phenoxy) is 1. The summed E-state index contributed by atoms with van der Waals surface area (Å²) in [5.74, 6) is 1.84. The SMILES string of the molecule is c1ccc(N(c2ccc3sc4ccccc4c3c2)c2cccc3c2-c2ccccc2C32c3ccccc3Oc3c2ccc2ccccc32)cc1. The van der Waals surface area contributed by atoms with Crippen molar-refractivity contribution in [2.45, 2.75) is 5.41 Å². The van der Waals surface area contributed by atoms with Crippen LogP contribution in [0, 0.1) is 0 Å². The van der Waals surface area contributed by atoms with Crippen LogP contribution in [0.1, 0.15) is 22.3 Å². The standard InChI is InChI=1S/C47H29NOS/c1-2-14-31(15-3-1)48(32-26-28-44-36(29-32)34-17-7-11-24-43(34)50-44)41-22-12-21-39-45(41)35-18-6-8-19-37(35)47(39)38-20-9-10-23-42(38)49-46-33-16-5-4-13-30(33)25-27-40(46)47/h1-29H. The maximum Gasteiger partial charge on any atom is 0.140 e. The van der Waals surface area contributed by atoms with Crippen LogP contribution >= 0.6 is 11.3 Å². The first-order valence-electron chi connectivity index (χ1n) is 17.1.